The van der Waals surface area contributed by atoms with Crippen molar-refractivity contribution in [3.63, 3.8) is 0 Å². The van der Waals surface area contributed by atoms with Gasteiger partial charge in [0.25, 0.3) is 11.8 Å². The van der Waals surface area contributed by atoms with Crippen molar-refractivity contribution in [2.24, 2.45) is 0 Å². The number of nitrogens with zero attached hydrogens (tertiary/aromatic N) is 2. The largest absolute Gasteiger partial charge is 0.428 e. The second kappa shape index (κ2) is 7.11. The number of imide groups is 1. The number of hydrogen-bond donors (Lipinski definition) is 1. The fourth-order valence-electron chi connectivity index (χ4n) is 3.11. The number of carbonyl (C=O) groups excluding carboxylic acids is 4. The van der Waals surface area contributed by atoms with E-state index in [4.69, 9.17) is 4.74 Å². The lowest BCUT2D eigenvalue weighted by molar-refractivity contribution is -0.156. The molecule has 1 N–H and O–H groups in total. The number of alkyl carbamates (subject to hydrolysis) is 1. The molecule has 1 unspecified atom stereocenters. The Morgan fingerprint density at radius 2 is 2.12 bits per heavy atom. The lowest BCUT2D eigenvalue weighted by atomic mass is 10.0. The molecule has 4 amide bonds. The molecule has 1 atom stereocenters. The standard InChI is InChI=1S/C17H18FN3O5/c1-2-19-17(25)26-9-21-14(22)6-5-13(16(21)24)20-8-10-3-4-11(18)7-12(10)15(20)23/h3-4,7,13H,2,5-6,8-9H2,1H3,(H,19,25). The van der Waals surface area contributed by atoms with Crippen molar-refractivity contribution in [1.29, 1.82) is 0 Å². The Morgan fingerprint density at radius 1 is 1.35 bits per heavy atom. The number of fused-ring (bicyclic) bond motifs is 1. The van der Waals surface area contributed by atoms with Crippen molar-refractivity contribution < 1.29 is 28.3 Å². The van der Waals surface area contributed by atoms with E-state index in [2.05, 4.69) is 5.32 Å². The van der Waals surface area contributed by atoms with E-state index in [0.29, 0.717) is 12.1 Å². The van der Waals surface area contributed by atoms with Gasteiger partial charge in [-0.2, -0.15) is 0 Å². The Kier molecular flexibility index (Phi) is 4.88. The number of ether oxygens (including phenoxy) is 1. The number of amides is 4. The zero-order chi connectivity index (χ0) is 18.8. The zero-order valence-electron chi connectivity index (χ0n) is 14.2. The zero-order valence-corrected chi connectivity index (χ0v) is 14.2. The number of piperidine rings is 1. The fraction of sp³-hybridized carbons (Fsp3) is 0.412. The summed E-state index contributed by atoms with van der Waals surface area (Å²) in [5, 5.41) is 2.39. The van der Waals surface area contributed by atoms with Crippen LogP contribution < -0.4 is 5.32 Å². The molecule has 0 aliphatic carbocycles. The van der Waals surface area contributed by atoms with Crippen LogP contribution in [-0.4, -0.2) is 52.9 Å². The normalized spacial score (nSPS) is 19.6. The monoisotopic (exact) mass is 363 g/mol. The van der Waals surface area contributed by atoms with Crippen LogP contribution >= 0.6 is 0 Å². The molecule has 0 spiro atoms. The number of nitrogens with one attached hydrogen (secondary N) is 1. The van der Waals surface area contributed by atoms with Crippen LogP contribution in [0.4, 0.5) is 9.18 Å². The van der Waals surface area contributed by atoms with Crippen LogP contribution in [-0.2, 0) is 20.9 Å². The topological polar surface area (TPSA) is 96.0 Å². The lowest BCUT2D eigenvalue weighted by Crippen LogP contribution is -2.55. The molecule has 9 heteroatoms. The summed E-state index contributed by atoms with van der Waals surface area (Å²) in [4.78, 5) is 50.8. The molecule has 0 saturated carbocycles. The van der Waals surface area contributed by atoms with Gasteiger partial charge >= 0.3 is 6.09 Å². The van der Waals surface area contributed by atoms with E-state index < -0.39 is 42.4 Å². The molecule has 3 rings (SSSR count). The van der Waals surface area contributed by atoms with E-state index >= 15 is 0 Å². The molecule has 0 bridgehead atoms. The third kappa shape index (κ3) is 3.24. The highest BCUT2D eigenvalue weighted by Gasteiger charge is 2.43. The number of rotatable bonds is 4. The number of benzene rings is 1. The Balaban J connectivity index is 1.73. The smallest absolute Gasteiger partial charge is 0.408 e. The van der Waals surface area contributed by atoms with Crippen molar-refractivity contribution in [3.8, 4) is 0 Å². The van der Waals surface area contributed by atoms with E-state index in [9.17, 15) is 23.6 Å². The average Bonchev–Trinajstić information content (AvgIpc) is 2.91. The highest BCUT2D eigenvalue weighted by atomic mass is 19.1. The molecule has 0 aromatic heterocycles. The molecule has 138 valence electrons. The molecular weight excluding hydrogens is 345 g/mol. The van der Waals surface area contributed by atoms with E-state index in [-0.39, 0.29) is 24.9 Å². The Labute approximate surface area is 148 Å². The van der Waals surface area contributed by atoms with Gasteiger partial charge in [-0.05, 0) is 31.0 Å². The Morgan fingerprint density at radius 3 is 2.85 bits per heavy atom. The first-order valence-corrected chi connectivity index (χ1v) is 8.26. The summed E-state index contributed by atoms with van der Waals surface area (Å²) in [5.74, 6) is -2.05. The summed E-state index contributed by atoms with van der Waals surface area (Å²) in [6, 6.07) is 3.06. The number of hydrogen-bond acceptors (Lipinski definition) is 5. The van der Waals surface area contributed by atoms with Gasteiger partial charge in [0.2, 0.25) is 5.91 Å². The minimum Gasteiger partial charge on any atom is -0.428 e. The SMILES string of the molecule is CCNC(=O)OCN1C(=O)CCC(N2Cc3ccc(F)cc3C2=O)C1=O. The van der Waals surface area contributed by atoms with Crippen molar-refractivity contribution in [2.45, 2.75) is 32.4 Å². The molecule has 8 nitrogen and oxygen atoms in total. The van der Waals surface area contributed by atoms with Crippen molar-refractivity contribution in [2.75, 3.05) is 13.3 Å². The summed E-state index contributed by atoms with van der Waals surface area (Å²) >= 11 is 0. The van der Waals surface area contributed by atoms with Crippen molar-refractivity contribution in [3.05, 3.63) is 35.1 Å². The summed E-state index contributed by atoms with van der Waals surface area (Å²) in [7, 11) is 0. The van der Waals surface area contributed by atoms with Gasteiger partial charge in [-0.3, -0.25) is 14.4 Å². The van der Waals surface area contributed by atoms with Crippen molar-refractivity contribution in [1.82, 2.24) is 15.1 Å². The molecule has 26 heavy (non-hydrogen) atoms. The molecule has 2 aliphatic rings. The van der Waals surface area contributed by atoms with Gasteiger partial charge in [0.05, 0.1) is 0 Å². The van der Waals surface area contributed by atoms with Gasteiger partial charge in [0.1, 0.15) is 11.9 Å². The molecule has 2 heterocycles. The molecule has 1 fully saturated rings. The first-order valence-electron chi connectivity index (χ1n) is 8.26. The number of carbonyl (C=O) groups is 4. The van der Waals surface area contributed by atoms with Gasteiger partial charge in [0, 0.05) is 25.1 Å². The minimum absolute atomic E-state index is 0.0453. The quantitative estimate of drug-likeness (QED) is 0.805. The summed E-state index contributed by atoms with van der Waals surface area (Å²) < 4.78 is 18.2. The van der Waals surface area contributed by atoms with Crippen molar-refractivity contribution >= 4 is 23.8 Å². The highest BCUT2D eigenvalue weighted by Crippen LogP contribution is 2.29. The third-order valence-electron chi connectivity index (χ3n) is 4.41. The Hall–Kier alpha value is -2.97. The summed E-state index contributed by atoms with van der Waals surface area (Å²) in [5.41, 5.74) is 0.853. The van der Waals surface area contributed by atoms with E-state index in [1.165, 1.54) is 17.0 Å². The molecule has 1 saturated heterocycles. The molecule has 1 aromatic carbocycles. The molecular formula is C17H18FN3O5. The maximum atomic E-state index is 13.4. The maximum Gasteiger partial charge on any atom is 0.408 e. The van der Waals surface area contributed by atoms with Crippen LogP contribution in [0.3, 0.4) is 0 Å². The summed E-state index contributed by atoms with van der Waals surface area (Å²) in [6.45, 7) is 1.71. The number of likely N-dealkylation sites (tertiary alicyclic amines) is 1. The minimum atomic E-state index is -0.853. The van der Waals surface area contributed by atoms with Gasteiger partial charge in [0.15, 0.2) is 6.73 Å². The van der Waals surface area contributed by atoms with Crippen LogP contribution in [0, 0.1) is 5.82 Å². The van der Waals surface area contributed by atoms with Crippen LogP contribution in [0.2, 0.25) is 0 Å². The predicted molar refractivity (Wildman–Crippen MR) is 86.2 cm³/mol. The second-order valence-corrected chi connectivity index (χ2v) is 6.04. The Bertz CT molecular complexity index is 782. The first-order chi connectivity index (χ1) is 12.4. The van der Waals surface area contributed by atoms with Gasteiger partial charge in [-0.25, -0.2) is 14.1 Å². The average molecular weight is 363 g/mol. The van der Waals surface area contributed by atoms with Crippen LogP contribution in [0.25, 0.3) is 0 Å². The predicted octanol–water partition coefficient (Wildman–Crippen LogP) is 1.00. The third-order valence-corrected chi connectivity index (χ3v) is 4.41. The van der Waals surface area contributed by atoms with E-state index in [0.717, 1.165) is 11.0 Å². The molecule has 1 aromatic rings. The van der Waals surface area contributed by atoms with Gasteiger partial charge < -0.3 is 15.0 Å². The summed E-state index contributed by atoms with van der Waals surface area (Å²) in [6.07, 6.45) is -0.517. The second-order valence-electron chi connectivity index (χ2n) is 6.04. The van der Waals surface area contributed by atoms with Crippen LogP contribution in [0.15, 0.2) is 18.2 Å². The maximum absolute atomic E-state index is 13.4. The molecule has 0 radical (unpaired) electrons. The fourth-order valence-corrected chi connectivity index (χ4v) is 3.11. The van der Waals surface area contributed by atoms with Crippen LogP contribution in [0.5, 0.6) is 0 Å². The van der Waals surface area contributed by atoms with Gasteiger partial charge in [-0.1, -0.05) is 6.07 Å². The lowest BCUT2D eigenvalue weighted by Gasteiger charge is -2.34. The van der Waals surface area contributed by atoms with Gasteiger partial charge in [-0.15, -0.1) is 0 Å². The first kappa shape index (κ1) is 17.8. The van der Waals surface area contributed by atoms with Crippen LogP contribution in [0.1, 0.15) is 35.7 Å². The number of halogens is 1. The molecule has 2 aliphatic heterocycles. The van der Waals surface area contributed by atoms with E-state index in [1.54, 1.807) is 6.92 Å². The van der Waals surface area contributed by atoms with E-state index in [1.807, 2.05) is 0 Å². The highest BCUT2D eigenvalue weighted by molar-refractivity contribution is 6.05.